The van der Waals surface area contributed by atoms with Gasteiger partial charge < -0.3 is 14.7 Å². The second kappa shape index (κ2) is 10.6. The second-order valence-electron chi connectivity index (χ2n) is 8.81. The number of rotatable bonds is 9. The van der Waals surface area contributed by atoms with Crippen LogP contribution in [0.5, 0.6) is 5.75 Å². The maximum absolute atomic E-state index is 13.2. The maximum atomic E-state index is 13.2. The Labute approximate surface area is 205 Å². The summed E-state index contributed by atoms with van der Waals surface area (Å²) in [6, 6.07) is 16.3. The molecule has 1 aromatic heterocycles. The van der Waals surface area contributed by atoms with Crippen molar-refractivity contribution in [2.45, 2.75) is 18.6 Å². The zero-order valence-corrected chi connectivity index (χ0v) is 20.6. The van der Waals surface area contributed by atoms with E-state index in [0.717, 1.165) is 24.8 Å². The Balaban J connectivity index is 1.51. The quantitative estimate of drug-likeness (QED) is 0.465. The van der Waals surface area contributed by atoms with E-state index >= 15 is 0 Å². The van der Waals surface area contributed by atoms with Crippen LogP contribution in [0.4, 0.5) is 5.69 Å². The molecule has 0 aliphatic carbocycles. The summed E-state index contributed by atoms with van der Waals surface area (Å²) in [6.45, 7) is 1.80. The number of likely N-dealkylation sites (N-methyl/N-ethyl adjacent to an activating group) is 1. The van der Waals surface area contributed by atoms with Gasteiger partial charge in [0.05, 0.1) is 29.6 Å². The number of aliphatic hydroxyl groups is 1. The summed E-state index contributed by atoms with van der Waals surface area (Å²) < 4.78 is 31.8. The maximum Gasteiger partial charge on any atom is 0.260 e. The molecule has 2 aromatic carbocycles. The number of nitrogens with zero attached hydrogens (tertiary/aromatic N) is 3. The molecule has 4 rings (SSSR count). The minimum atomic E-state index is -3.48. The Kier molecular flexibility index (Phi) is 7.54. The Hall–Kier alpha value is -3.21. The first-order chi connectivity index (χ1) is 16.7. The molecule has 9 nitrogen and oxygen atoms in total. The first-order valence-electron chi connectivity index (χ1n) is 11.4. The summed E-state index contributed by atoms with van der Waals surface area (Å²) in [5, 5.41) is 10.5. The van der Waals surface area contributed by atoms with E-state index in [2.05, 4.69) is 14.6 Å². The lowest BCUT2D eigenvalue weighted by Crippen LogP contribution is -2.40. The standard InChI is InChI=1S/C25H30N4O5S/c1-28(22(18-7-4-3-5-8-18)16-29-14-12-19(30)15-29)24(31)17-34-23-11-10-21(27-35(2,32)33)25-20(23)9-6-13-26-25/h3-11,13,19,22,27,30H,12,14-17H2,1-2H3/t19-,22?/m0/s1. The molecule has 1 fully saturated rings. The number of carbonyl (C=O) groups is 1. The molecule has 186 valence electrons. The lowest BCUT2D eigenvalue weighted by molar-refractivity contribution is -0.134. The van der Waals surface area contributed by atoms with Crippen LogP contribution in [0.1, 0.15) is 18.0 Å². The van der Waals surface area contributed by atoms with Gasteiger partial charge in [-0.2, -0.15) is 0 Å². The molecule has 35 heavy (non-hydrogen) atoms. The molecular weight excluding hydrogens is 468 g/mol. The molecular formula is C25H30N4O5S. The van der Waals surface area contributed by atoms with Gasteiger partial charge in [0.15, 0.2) is 6.61 Å². The Morgan fingerprint density at radius 3 is 2.69 bits per heavy atom. The molecule has 1 amide bonds. The number of aliphatic hydroxyl groups excluding tert-OH is 1. The number of benzene rings is 2. The van der Waals surface area contributed by atoms with E-state index in [0.29, 0.717) is 35.4 Å². The van der Waals surface area contributed by atoms with Gasteiger partial charge in [0, 0.05) is 38.3 Å². The highest BCUT2D eigenvalue weighted by molar-refractivity contribution is 7.92. The third-order valence-electron chi connectivity index (χ3n) is 6.10. The Morgan fingerprint density at radius 2 is 2.00 bits per heavy atom. The van der Waals surface area contributed by atoms with E-state index in [9.17, 15) is 18.3 Å². The van der Waals surface area contributed by atoms with E-state index < -0.39 is 10.0 Å². The summed E-state index contributed by atoms with van der Waals surface area (Å²) in [7, 11) is -1.72. The van der Waals surface area contributed by atoms with Crippen LogP contribution in [0, 0.1) is 0 Å². The van der Waals surface area contributed by atoms with E-state index in [-0.39, 0.29) is 24.7 Å². The zero-order chi connectivity index (χ0) is 25.0. The van der Waals surface area contributed by atoms with Crippen LogP contribution in [0.15, 0.2) is 60.8 Å². The van der Waals surface area contributed by atoms with Gasteiger partial charge in [0.1, 0.15) is 5.75 Å². The molecule has 0 spiro atoms. The molecule has 1 aliphatic rings. The van der Waals surface area contributed by atoms with Gasteiger partial charge in [-0.3, -0.25) is 19.4 Å². The van der Waals surface area contributed by atoms with Crippen molar-refractivity contribution in [3.05, 3.63) is 66.4 Å². The average molecular weight is 499 g/mol. The van der Waals surface area contributed by atoms with Gasteiger partial charge in [-0.05, 0) is 36.2 Å². The number of hydrogen-bond acceptors (Lipinski definition) is 7. The van der Waals surface area contributed by atoms with Crippen molar-refractivity contribution in [1.29, 1.82) is 0 Å². The molecule has 2 heterocycles. The Morgan fingerprint density at radius 1 is 1.23 bits per heavy atom. The van der Waals surface area contributed by atoms with Crippen molar-refractivity contribution in [2.75, 3.05) is 44.3 Å². The van der Waals surface area contributed by atoms with Gasteiger partial charge in [-0.15, -0.1) is 0 Å². The number of sulfonamides is 1. The van der Waals surface area contributed by atoms with Crippen molar-refractivity contribution in [2.24, 2.45) is 0 Å². The van der Waals surface area contributed by atoms with Gasteiger partial charge in [-0.25, -0.2) is 8.42 Å². The van der Waals surface area contributed by atoms with Gasteiger partial charge in [0.2, 0.25) is 10.0 Å². The van der Waals surface area contributed by atoms with Crippen LogP contribution in [-0.4, -0.2) is 79.9 Å². The molecule has 1 aliphatic heterocycles. The lowest BCUT2D eigenvalue weighted by atomic mass is 10.0. The third-order valence-corrected chi connectivity index (χ3v) is 6.69. The largest absolute Gasteiger partial charge is 0.483 e. The van der Waals surface area contributed by atoms with Crippen LogP contribution in [0.25, 0.3) is 10.9 Å². The van der Waals surface area contributed by atoms with Crippen molar-refractivity contribution in [3.8, 4) is 5.75 Å². The minimum Gasteiger partial charge on any atom is -0.483 e. The smallest absolute Gasteiger partial charge is 0.260 e. The minimum absolute atomic E-state index is 0.189. The van der Waals surface area contributed by atoms with Crippen molar-refractivity contribution < 1.29 is 23.1 Å². The summed E-state index contributed by atoms with van der Waals surface area (Å²) in [5.41, 5.74) is 1.79. The Bertz CT molecular complexity index is 1290. The van der Waals surface area contributed by atoms with E-state index in [4.69, 9.17) is 4.74 Å². The molecule has 2 N–H and O–H groups in total. The highest BCUT2D eigenvalue weighted by Gasteiger charge is 2.28. The number of aromatic nitrogens is 1. The number of β-amino-alcohol motifs (C(OH)–C–C–N with tert-alkyl or cyclic N) is 1. The van der Waals surface area contributed by atoms with Crippen molar-refractivity contribution in [1.82, 2.24) is 14.8 Å². The molecule has 1 unspecified atom stereocenters. The summed E-state index contributed by atoms with van der Waals surface area (Å²) >= 11 is 0. The predicted octanol–water partition coefficient (Wildman–Crippen LogP) is 2.25. The number of carbonyl (C=O) groups excluding carboxylic acids is 1. The highest BCUT2D eigenvalue weighted by atomic mass is 32.2. The van der Waals surface area contributed by atoms with Crippen LogP contribution in [-0.2, 0) is 14.8 Å². The predicted molar refractivity (Wildman–Crippen MR) is 135 cm³/mol. The number of pyridine rings is 1. The molecule has 3 aromatic rings. The van der Waals surface area contributed by atoms with E-state index in [1.807, 2.05) is 30.3 Å². The van der Waals surface area contributed by atoms with E-state index in [1.54, 1.807) is 42.4 Å². The van der Waals surface area contributed by atoms with Crippen LogP contribution >= 0.6 is 0 Å². The highest BCUT2D eigenvalue weighted by Crippen LogP contribution is 2.31. The fourth-order valence-electron chi connectivity index (χ4n) is 4.32. The third kappa shape index (κ3) is 6.27. The second-order valence-corrected chi connectivity index (χ2v) is 10.6. The van der Waals surface area contributed by atoms with Crippen molar-refractivity contribution >= 4 is 32.5 Å². The number of amides is 1. The summed E-state index contributed by atoms with van der Waals surface area (Å²) in [6.07, 6.45) is 3.04. The molecule has 2 atom stereocenters. The van der Waals surface area contributed by atoms with Crippen LogP contribution < -0.4 is 9.46 Å². The molecule has 0 saturated carbocycles. The number of hydrogen-bond donors (Lipinski definition) is 2. The SMILES string of the molecule is CN(C(=O)COc1ccc(NS(C)(=O)=O)c2ncccc12)C(CN1CC[C@H](O)C1)c1ccccc1. The first kappa shape index (κ1) is 24.9. The fourth-order valence-corrected chi connectivity index (χ4v) is 4.88. The van der Waals surface area contributed by atoms with Crippen molar-refractivity contribution in [3.63, 3.8) is 0 Å². The van der Waals surface area contributed by atoms with Crippen LogP contribution in [0.3, 0.4) is 0 Å². The number of anilines is 1. The number of nitrogens with one attached hydrogen (secondary N) is 1. The van der Waals surface area contributed by atoms with Crippen LogP contribution in [0.2, 0.25) is 0 Å². The number of fused-ring (bicyclic) bond motifs is 1. The zero-order valence-electron chi connectivity index (χ0n) is 19.8. The fraction of sp³-hybridized carbons (Fsp3) is 0.360. The lowest BCUT2D eigenvalue weighted by Gasteiger charge is -2.32. The monoisotopic (exact) mass is 498 g/mol. The topological polar surface area (TPSA) is 112 Å². The molecule has 10 heteroatoms. The number of likely N-dealkylation sites (tertiary alicyclic amines) is 1. The normalized spacial score (nSPS) is 17.3. The van der Waals surface area contributed by atoms with Gasteiger partial charge in [-0.1, -0.05) is 30.3 Å². The van der Waals surface area contributed by atoms with E-state index in [1.165, 1.54) is 0 Å². The summed E-state index contributed by atoms with van der Waals surface area (Å²) in [5.74, 6) is 0.238. The van der Waals surface area contributed by atoms with Gasteiger partial charge in [0.25, 0.3) is 5.91 Å². The van der Waals surface area contributed by atoms with Gasteiger partial charge >= 0.3 is 0 Å². The molecule has 0 radical (unpaired) electrons. The average Bonchev–Trinajstić information content (AvgIpc) is 3.25. The number of ether oxygens (including phenoxy) is 1. The first-order valence-corrected chi connectivity index (χ1v) is 13.3. The molecule has 1 saturated heterocycles. The summed E-state index contributed by atoms with van der Waals surface area (Å²) in [4.78, 5) is 21.3. The molecule has 0 bridgehead atoms.